The summed E-state index contributed by atoms with van der Waals surface area (Å²) in [6.45, 7) is 6.22. The van der Waals surface area contributed by atoms with Gasteiger partial charge in [-0.05, 0) is 27.7 Å². The van der Waals surface area contributed by atoms with Crippen LogP contribution < -0.4 is 11.5 Å². The lowest BCUT2D eigenvalue weighted by atomic mass is 9.94. The van der Waals surface area contributed by atoms with Gasteiger partial charge in [-0.3, -0.25) is 4.79 Å². The number of hydrogen-bond acceptors (Lipinski definition) is 5. The Balaban J connectivity index is 4.74. The topological polar surface area (TPSA) is 116 Å². The molecule has 2 atom stereocenters. The third-order valence-corrected chi connectivity index (χ3v) is 1.75. The van der Waals surface area contributed by atoms with Crippen LogP contribution in [0.15, 0.2) is 0 Å². The van der Waals surface area contributed by atoms with Crippen molar-refractivity contribution in [3.63, 3.8) is 0 Å². The zero-order chi connectivity index (χ0) is 12.4. The van der Waals surface area contributed by atoms with Gasteiger partial charge in [0.1, 0.15) is 17.2 Å². The number of ether oxygens (including phenoxy) is 1. The molecule has 0 aromatic rings. The van der Waals surface area contributed by atoms with Crippen molar-refractivity contribution in [2.75, 3.05) is 0 Å². The average molecular weight is 218 g/mol. The van der Waals surface area contributed by atoms with Crippen molar-refractivity contribution in [2.45, 2.75) is 44.9 Å². The van der Waals surface area contributed by atoms with Crippen molar-refractivity contribution in [1.29, 1.82) is 0 Å². The standard InChI is InChI=1S/C9H18N2O4/c1-8(2,3)15-7(14)9(4,11)5(10)6(12)13/h5H,10-11H2,1-4H3,(H,12,13). The summed E-state index contributed by atoms with van der Waals surface area (Å²) in [5.74, 6) is -2.17. The largest absolute Gasteiger partial charge is 0.480 e. The summed E-state index contributed by atoms with van der Waals surface area (Å²) in [5.41, 5.74) is 8.36. The van der Waals surface area contributed by atoms with E-state index in [1.165, 1.54) is 6.92 Å². The van der Waals surface area contributed by atoms with Crippen LogP contribution in [0.5, 0.6) is 0 Å². The molecular weight excluding hydrogens is 200 g/mol. The second-order valence-electron chi connectivity index (χ2n) is 4.60. The van der Waals surface area contributed by atoms with Crippen molar-refractivity contribution < 1.29 is 19.4 Å². The molecule has 15 heavy (non-hydrogen) atoms. The molecule has 5 N–H and O–H groups in total. The number of carboxylic acids is 1. The lowest BCUT2D eigenvalue weighted by Crippen LogP contribution is -2.63. The first-order valence-electron chi connectivity index (χ1n) is 4.49. The SMILES string of the molecule is CC(C)(C)OC(=O)C(C)(N)C(N)C(=O)O. The van der Waals surface area contributed by atoms with Crippen LogP contribution in [-0.2, 0) is 14.3 Å². The molecule has 0 heterocycles. The lowest BCUT2D eigenvalue weighted by Gasteiger charge is -2.30. The second-order valence-corrected chi connectivity index (χ2v) is 4.60. The number of rotatable bonds is 3. The van der Waals surface area contributed by atoms with E-state index in [1.807, 2.05) is 0 Å². The van der Waals surface area contributed by atoms with E-state index in [4.69, 9.17) is 21.3 Å². The maximum absolute atomic E-state index is 11.5. The van der Waals surface area contributed by atoms with Gasteiger partial charge in [0.25, 0.3) is 0 Å². The van der Waals surface area contributed by atoms with E-state index in [1.54, 1.807) is 20.8 Å². The molecule has 0 saturated heterocycles. The monoisotopic (exact) mass is 218 g/mol. The van der Waals surface area contributed by atoms with Crippen molar-refractivity contribution >= 4 is 11.9 Å². The van der Waals surface area contributed by atoms with E-state index in [9.17, 15) is 9.59 Å². The summed E-state index contributed by atoms with van der Waals surface area (Å²) in [7, 11) is 0. The van der Waals surface area contributed by atoms with Crippen LogP contribution >= 0.6 is 0 Å². The van der Waals surface area contributed by atoms with E-state index in [0.29, 0.717) is 0 Å². The molecule has 0 aromatic heterocycles. The molecule has 0 aliphatic carbocycles. The highest BCUT2D eigenvalue weighted by atomic mass is 16.6. The summed E-state index contributed by atoms with van der Waals surface area (Å²) in [6.07, 6.45) is 0. The number of carbonyl (C=O) groups excluding carboxylic acids is 1. The Morgan fingerprint density at radius 2 is 1.67 bits per heavy atom. The van der Waals surface area contributed by atoms with Gasteiger partial charge in [0, 0.05) is 0 Å². The van der Waals surface area contributed by atoms with Gasteiger partial charge in [-0.1, -0.05) is 0 Å². The quantitative estimate of drug-likeness (QED) is 0.548. The molecule has 0 fully saturated rings. The fourth-order valence-corrected chi connectivity index (χ4v) is 0.772. The van der Waals surface area contributed by atoms with E-state index < -0.39 is 29.1 Å². The van der Waals surface area contributed by atoms with Crippen molar-refractivity contribution in [3.05, 3.63) is 0 Å². The minimum Gasteiger partial charge on any atom is -0.480 e. The molecule has 0 bridgehead atoms. The Morgan fingerprint density at radius 1 is 1.27 bits per heavy atom. The number of hydrogen-bond donors (Lipinski definition) is 3. The Hall–Kier alpha value is -1.14. The number of carboxylic acid groups (broad SMARTS) is 1. The zero-order valence-corrected chi connectivity index (χ0v) is 9.40. The fourth-order valence-electron chi connectivity index (χ4n) is 0.772. The fraction of sp³-hybridized carbons (Fsp3) is 0.778. The Kier molecular flexibility index (Phi) is 3.84. The van der Waals surface area contributed by atoms with Crippen LogP contribution in [0.4, 0.5) is 0 Å². The Morgan fingerprint density at radius 3 is 1.93 bits per heavy atom. The molecular formula is C9H18N2O4. The highest BCUT2D eigenvalue weighted by Crippen LogP contribution is 2.14. The van der Waals surface area contributed by atoms with Gasteiger partial charge in [0.05, 0.1) is 0 Å². The normalized spacial score (nSPS) is 17.7. The Bertz CT molecular complexity index is 268. The van der Waals surface area contributed by atoms with Gasteiger partial charge >= 0.3 is 11.9 Å². The van der Waals surface area contributed by atoms with Gasteiger partial charge in [0.15, 0.2) is 0 Å². The lowest BCUT2D eigenvalue weighted by molar-refractivity contribution is -0.165. The predicted molar refractivity (Wildman–Crippen MR) is 54.0 cm³/mol. The van der Waals surface area contributed by atoms with Gasteiger partial charge in [-0.15, -0.1) is 0 Å². The minimum atomic E-state index is -1.74. The molecule has 0 saturated carbocycles. The van der Waals surface area contributed by atoms with Crippen LogP contribution in [0.25, 0.3) is 0 Å². The average Bonchev–Trinajstić information content (AvgIpc) is 1.99. The zero-order valence-electron chi connectivity index (χ0n) is 9.40. The van der Waals surface area contributed by atoms with E-state index in [-0.39, 0.29) is 0 Å². The number of aliphatic carboxylic acids is 1. The van der Waals surface area contributed by atoms with Crippen molar-refractivity contribution in [3.8, 4) is 0 Å². The van der Waals surface area contributed by atoms with Crippen LogP contribution in [-0.4, -0.2) is 34.2 Å². The maximum Gasteiger partial charge on any atom is 0.328 e. The van der Waals surface area contributed by atoms with Crippen LogP contribution in [0.1, 0.15) is 27.7 Å². The smallest absolute Gasteiger partial charge is 0.328 e. The third-order valence-electron chi connectivity index (χ3n) is 1.75. The molecule has 6 heteroatoms. The Labute approximate surface area is 88.6 Å². The molecule has 88 valence electrons. The first-order chi connectivity index (χ1) is 6.48. The summed E-state index contributed by atoms with van der Waals surface area (Å²) in [5, 5.41) is 8.65. The molecule has 0 aromatic carbocycles. The van der Waals surface area contributed by atoms with E-state index in [2.05, 4.69) is 0 Å². The van der Waals surface area contributed by atoms with Gasteiger partial charge in [-0.25, -0.2) is 4.79 Å². The molecule has 0 aliphatic rings. The number of carbonyl (C=O) groups is 2. The third kappa shape index (κ3) is 3.85. The summed E-state index contributed by atoms with van der Waals surface area (Å²) >= 11 is 0. The van der Waals surface area contributed by atoms with E-state index >= 15 is 0 Å². The first-order valence-corrected chi connectivity index (χ1v) is 4.49. The number of nitrogens with two attached hydrogens (primary N) is 2. The molecule has 0 spiro atoms. The highest BCUT2D eigenvalue weighted by molar-refractivity contribution is 5.89. The van der Waals surface area contributed by atoms with Crippen molar-refractivity contribution in [1.82, 2.24) is 0 Å². The van der Waals surface area contributed by atoms with Crippen LogP contribution in [0.2, 0.25) is 0 Å². The van der Waals surface area contributed by atoms with Gasteiger partial charge < -0.3 is 21.3 Å². The van der Waals surface area contributed by atoms with Crippen LogP contribution in [0, 0.1) is 0 Å². The number of esters is 1. The molecule has 0 amide bonds. The minimum absolute atomic E-state index is 0.726. The van der Waals surface area contributed by atoms with E-state index in [0.717, 1.165) is 0 Å². The highest BCUT2D eigenvalue weighted by Gasteiger charge is 2.42. The summed E-state index contributed by atoms with van der Waals surface area (Å²) in [4.78, 5) is 22.1. The molecule has 0 rings (SSSR count). The van der Waals surface area contributed by atoms with Crippen molar-refractivity contribution in [2.24, 2.45) is 11.5 Å². The van der Waals surface area contributed by atoms with Gasteiger partial charge in [-0.2, -0.15) is 0 Å². The van der Waals surface area contributed by atoms with Gasteiger partial charge in [0.2, 0.25) is 0 Å². The second kappa shape index (κ2) is 4.16. The first kappa shape index (κ1) is 13.9. The molecule has 0 radical (unpaired) electrons. The summed E-state index contributed by atoms with van der Waals surface area (Å²) in [6, 6.07) is -1.49. The summed E-state index contributed by atoms with van der Waals surface area (Å²) < 4.78 is 4.97. The van der Waals surface area contributed by atoms with Crippen LogP contribution in [0.3, 0.4) is 0 Å². The molecule has 0 aliphatic heterocycles. The molecule has 2 unspecified atom stereocenters. The predicted octanol–water partition coefficient (Wildman–Crippen LogP) is -0.543. The molecule has 6 nitrogen and oxygen atoms in total. The maximum atomic E-state index is 11.5.